The first kappa shape index (κ1) is 11.7. The highest BCUT2D eigenvalue weighted by Crippen LogP contribution is 2.34. The fourth-order valence-corrected chi connectivity index (χ4v) is 2.59. The molecule has 2 aromatic rings. The minimum atomic E-state index is 0.0124. The molecule has 1 amide bonds. The van der Waals surface area contributed by atoms with Crippen molar-refractivity contribution in [2.24, 2.45) is 0 Å². The number of amides is 1. The molecule has 0 bridgehead atoms. The summed E-state index contributed by atoms with van der Waals surface area (Å²) < 4.78 is 0. The van der Waals surface area contributed by atoms with E-state index in [1.54, 1.807) is 24.5 Å². The Hall–Kier alpha value is -2.36. The molecule has 1 aliphatic heterocycles. The topological polar surface area (TPSA) is 59.2 Å². The van der Waals surface area contributed by atoms with Crippen molar-refractivity contribution in [1.29, 1.82) is 0 Å². The summed E-state index contributed by atoms with van der Waals surface area (Å²) in [5, 5.41) is 0. The zero-order chi connectivity index (χ0) is 13.4. The zero-order valence-corrected chi connectivity index (χ0v) is 10.7. The summed E-state index contributed by atoms with van der Waals surface area (Å²) in [6.45, 7) is 2.05. The second-order valence-electron chi connectivity index (χ2n) is 4.85. The molecular formula is C15H15N3O. The Kier molecular flexibility index (Phi) is 2.71. The molecule has 2 heterocycles. The van der Waals surface area contributed by atoms with Crippen LogP contribution in [0.25, 0.3) is 0 Å². The van der Waals surface area contributed by atoms with Gasteiger partial charge in [0.2, 0.25) is 0 Å². The summed E-state index contributed by atoms with van der Waals surface area (Å²) in [5.41, 5.74) is 9.29. The van der Waals surface area contributed by atoms with E-state index >= 15 is 0 Å². The molecule has 1 aromatic heterocycles. The number of hydrogen-bond donors (Lipinski definition) is 1. The van der Waals surface area contributed by atoms with Crippen molar-refractivity contribution >= 4 is 17.3 Å². The average Bonchev–Trinajstić information content (AvgIpc) is 2.74. The van der Waals surface area contributed by atoms with Gasteiger partial charge in [0.15, 0.2) is 0 Å². The molecule has 0 radical (unpaired) electrons. The lowest BCUT2D eigenvalue weighted by molar-refractivity contribution is 0.0981. The van der Waals surface area contributed by atoms with Crippen LogP contribution in [0.2, 0.25) is 0 Å². The Balaban J connectivity index is 2.01. The number of fused-ring (bicyclic) bond motifs is 1. The van der Waals surface area contributed by atoms with Crippen LogP contribution in [0.1, 0.15) is 22.8 Å². The lowest BCUT2D eigenvalue weighted by atomic mass is 10.1. The SMILES string of the molecule is CC1Cc2cc(N)ccc2N1C(=O)c1ccncc1. The van der Waals surface area contributed by atoms with Crippen molar-refractivity contribution < 1.29 is 4.79 Å². The van der Waals surface area contributed by atoms with Crippen LogP contribution in [0.5, 0.6) is 0 Å². The van der Waals surface area contributed by atoms with Crippen LogP contribution >= 0.6 is 0 Å². The summed E-state index contributed by atoms with van der Waals surface area (Å²) in [5.74, 6) is 0.0124. The van der Waals surface area contributed by atoms with Gasteiger partial charge in [0, 0.05) is 35.4 Å². The Morgan fingerprint density at radius 1 is 1.32 bits per heavy atom. The number of carbonyl (C=O) groups is 1. The van der Waals surface area contributed by atoms with Gasteiger partial charge in [0.05, 0.1) is 0 Å². The number of aromatic nitrogens is 1. The van der Waals surface area contributed by atoms with Crippen molar-refractivity contribution in [2.45, 2.75) is 19.4 Å². The zero-order valence-electron chi connectivity index (χ0n) is 10.7. The van der Waals surface area contributed by atoms with E-state index in [0.717, 1.165) is 23.4 Å². The first-order valence-corrected chi connectivity index (χ1v) is 6.29. The number of carbonyl (C=O) groups excluding carboxylic acids is 1. The second kappa shape index (κ2) is 4.39. The first-order chi connectivity index (χ1) is 9.16. The highest BCUT2D eigenvalue weighted by Gasteiger charge is 2.31. The van der Waals surface area contributed by atoms with Crippen molar-refractivity contribution in [3.8, 4) is 0 Å². The highest BCUT2D eigenvalue weighted by molar-refractivity contribution is 6.07. The minimum Gasteiger partial charge on any atom is -0.399 e. The van der Waals surface area contributed by atoms with E-state index in [1.807, 2.05) is 23.1 Å². The van der Waals surface area contributed by atoms with Gasteiger partial charge >= 0.3 is 0 Å². The van der Waals surface area contributed by atoms with Gasteiger partial charge in [-0.3, -0.25) is 9.78 Å². The average molecular weight is 253 g/mol. The smallest absolute Gasteiger partial charge is 0.258 e. The first-order valence-electron chi connectivity index (χ1n) is 6.29. The predicted molar refractivity (Wildman–Crippen MR) is 75.1 cm³/mol. The third-order valence-corrected chi connectivity index (χ3v) is 3.47. The number of benzene rings is 1. The molecule has 1 atom stereocenters. The van der Waals surface area contributed by atoms with Gasteiger partial charge in [0.1, 0.15) is 0 Å². The standard InChI is InChI=1S/C15H15N3O/c1-10-8-12-9-13(16)2-3-14(12)18(10)15(19)11-4-6-17-7-5-11/h2-7,9-10H,8,16H2,1H3. The largest absolute Gasteiger partial charge is 0.399 e. The second-order valence-corrected chi connectivity index (χ2v) is 4.85. The van der Waals surface area contributed by atoms with Gasteiger partial charge in [-0.25, -0.2) is 0 Å². The number of nitrogen functional groups attached to an aromatic ring is 1. The van der Waals surface area contributed by atoms with Gasteiger partial charge in [-0.15, -0.1) is 0 Å². The van der Waals surface area contributed by atoms with Gasteiger partial charge in [-0.2, -0.15) is 0 Å². The lowest BCUT2D eigenvalue weighted by Crippen LogP contribution is -2.35. The molecule has 3 rings (SSSR count). The van der Waals surface area contributed by atoms with Gasteiger partial charge in [-0.1, -0.05) is 0 Å². The maximum atomic E-state index is 12.6. The van der Waals surface area contributed by atoms with E-state index in [1.165, 1.54) is 0 Å². The number of rotatable bonds is 1. The van der Waals surface area contributed by atoms with Crippen LogP contribution in [-0.4, -0.2) is 16.9 Å². The predicted octanol–water partition coefficient (Wildman–Crippen LogP) is 2.26. The van der Waals surface area contributed by atoms with Crippen molar-refractivity contribution in [3.05, 3.63) is 53.9 Å². The lowest BCUT2D eigenvalue weighted by Gasteiger charge is -2.22. The van der Waals surface area contributed by atoms with E-state index in [0.29, 0.717) is 5.56 Å². The molecule has 96 valence electrons. The van der Waals surface area contributed by atoms with Gasteiger partial charge in [0.25, 0.3) is 5.91 Å². The van der Waals surface area contributed by atoms with Crippen LogP contribution in [0.15, 0.2) is 42.7 Å². The van der Waals surface area contributed by atoms with Crippen LogP contribution in [0, 0.1) is 0 Å². The van der Waals surface area contributed by atoms with E-state index in [2.05, 4.69) is 11.9 Å². The van der Waals surface area contributed by atoms with Gasteiger partial charge in [-0.05, 0) is 49.2 Å². The van der Waals surface area contributed by atoms with Crippen LogP contribution in [-0.2, 0) is 6.42 Å². The molecule has 0 fully saturated rings. The molecule has 0 saturated heterocycles. The Bertz CT molecular complexity index is 625. The monoisotopic (exact) mass is 253 g/mol. The summed E-state index contributed by atoms with van der Waals surface area (Å²) in [4.78, 5) is 18.4. The summed E-state index contributed by atoms with van der Waals surface area (Å²) >= 11 is 0. The van der Waals surface area contributed by atoms with Crippen LogP contribution in [0.3, 0.4) is 0 Å². The van der Waals surface area contributed by atoms with E-state index < -0.39 is 0 Å². The van der Waals surface area contributed by atoms with E-state index in [-0.39, 0.29) is 11.9 Å². The van der Waals surface area contributed by atoms with Crippen molar-refractivity contribution in [1.82, 2.24) is 4.98 Å². The Morgan fingerprint density at radius 2 is 2.05 bits per heavy atom. The fraction of sp³-hybridized carbons (Fsp3) is 0.200. The number of hydrogen-bond acceptors (Lipinski definition) is 3. The third kappa shape index (κ3) is 1.95. The van der Waals surface area contributed by atoms with Crippen LogP contribution in [0.4, 0.5) is 11.4 Å². The molecular weight excluding hydrogens is 238 g/mol. The summed E-state index contributed by atoms with van der Waals surface area (Å²) in [6.07, 6.45) is 4.12. The number of pyridine rings is 1. The number of nitrogens with two attached hydrogens (primary N) is 1. The molecule has 1 unspecified atom stereocenters. The molecule has 0 saturated carbocycles. The summed E-state index contributed by atoms with van der Waals surface area (Å²) in [6, 6.07) is 9.34. The van der Waals surface area contributed by atoms with Crippen molar-refractivity contribution in [2.75, 3.05) is 10.6 Å². The quantitative estimate of drug-likeness (QED) is 0.793. The molecule has 1 aliphatic rings. The summed E-state index contributed by atoms with van der Waals surface area (Å²) in [7, 11) is 0. The van der Waals surface area contributed by atoms with Crippen molar-refractivity contribution in [3.63, 3.8) is 0 Å². The van der Waals surface area contributed by atoms with Crippen LogP contribution < -0.4 is 10.6 Å². The minimum absolute atomic E-state index is 0.0124. The Labute approximate surface area is 111 Å². The molecule has 19 heavy (non-hydrogen) atoms. The third-order valence-electron chi connectivity index (χ3n) is 3.47. The molecule has 1 aromatic carbocycles. The fourth-order valence-electron chi connectivity index (χ4n) is 2.59. The molecule has 2 N–H and O–H groups in total. The maximum Gasteiger partial charge on any atom is 0.258 e. The number of anilines is 2. The van der Waals surface area contributed by atoms with E-state index in [4.69, 9.17) is 5.73 Å². The normalized spacial score (nSPS) is 17.3. The number of nitrogens with zero attached hydrogens (tertiary/aromatic N) is 2. The van der Waals surface area contributed by atoms with Gasteiger partial charge < -0.3 is 10.6 Å². The maximum absolute atomic E-state index is 12.6. The van der Waals surface area contributed by atoms with E-state index in [9.17, 15) is 4.79 Å². The molecule has 4 heteroatoms. The molecule has 0 spiro atoms. The Morgan fingerprint density at radius 3 is 2.79 bits per heavy atom. The molecule has 0 aliphatic carbocycles. The highest BCUT2D eigenvalue weighted by atomic mass is 16.2. The molecule has 4 nitrogen and oxygen atoms in total.